The van der Waals surface area contributed by atoms with Crippen LogP contribution in [0.25, 0.3) is 0 Å². The molecule has 1 amide bonds. The van der Waals surface area contributed by atoms with Crippen molar-refractivity contribution in [2.24, 2.45) is 0 Å². The van der Waals surface area contributed by atoms with Gasteiger partial charge in [-0.25, -0.2) is 4.79 Å². The van der Waals surface area contributed by atoms with Gasteiger partial charge in [-0.3, -0.25) is 4.79 Å². The highest BCUT2D eigenvalue weighted by Gasteiger charge is 2.34. The Morgan fingerprint density at radius 1 is 1.15 bits per heavy atom. The number of benzene rings is 2. The molecule has 2 aliphatic rings. The highest BCUT2D eigenvalue weighted by atomic mass is 35.5. The highest BCUT2D eigenvalue weighted by Crippen LogP contribution is 2.40. The summed E-state index contributed by atoms with van der Waals surface area (Å²) >= 11 is 7.55. The summed E-state index contributed by atoms with van der Waals surface area (Å²) in [5.74, 6) is 0.111. The van der Waals surface area contributed by atoms with Crippen LogP contribution in [0.2, 0.25) is 5.02 Å². The number of carbonyl (C=O) groups is 2. The number of hydrogen-bond acceptors (Lipinski definition) is 6. The van der Waals surface area contributed by atoms with Crippen LogP contribution in [-0.2, 0) is 13.0 Å². The molecule has 2 aliphatic heterocycles. The van der Waals surface area contributed by atoms with E-state index in [1.54, 1.807) is 53.8 Å². The van der Waals surface area contributed by atoms with Crippen molar-refractivity contribution in [3.05, 3.63) is 74.6 Å². The first-order chi connectivity index (χ1) is 15.9. The summed E-state index contributed by atoms with van der Waals surface area (Å²) < 4.78 is 11.0. The SMILES string of the molecule is COc1cc([C@@H]2NC(=O)c3c(sc4c3CC[NH+](C)C4)N2)ccc1OC(=O)c1ccc(Cl)cc1. The van der Waals surface area contributed by atoms with Crippen molar-refractivity contribution in [3.8, 4) is 11.5 Å². The monoisotopic (exact) mass is 484 g/mol. The number of rotatable bonds is 4. The van der Waals surface area contributed by atoms with Crippen LogP contribution in [0.4, 0.5) is 5.00 Å². The number of methoxy groups -OCH3 is 1. The molecule has 2 atom stereocenters. The molecule has 0 radical (unpaired) electrons. The second-order valence-electron chi connectivity index (χ2n) is 8.20. The molecular weight excluding hydrogens is 462 g/mol. The van der Waals surface area contributed by atoms with Crippen LogP contribution in [0.15, 0.2) is 42.5 Å². The largest absolute Gasteiger partial charge is 0.493 e. The summed E-state index contributed by atoms with van der Waals surface area (Å²) in [6.07, 6.45) is 0.499. The third-order valence-corrected chi connectivity index (χ3v) is 7.35. The van der Waals surface area contributed by atoms with Crippen molar-refractivity contribution in [1.29, 1.82) is 0 Å². The topological polar surface area (TPSA) is 81.1 Å². The van der Waals surface area contributed by atoms with Gasteiger partial charge >= 0.3 is 5.97 Å². The molecule has 3 aromatic rings. The lowest BCUT2D eigenvalue weighted by molar-refractivity contribution is -0.895. The van der Waals surface area contributed by atoms with Crippen LogP contribution in [0.3, 0.4) is 0 Å². The molecular formula is C24H23ClN3O4S+. The van der Waals surface area contributed by atoms with Gasteiger partial charge in [-0.1, -0.05) is 17.7 Å². The molecule has 170 valence electrons. The van der Waals surface area contributed by atoms with Gasteiger partial charge in [-0.15, -0.1) is 11.3 Å². The smallest absolute Gasteiger partial charge is 0.343 e. The predicted octanol–water partition coefficient (Wildman–Crippen LogP) is 3.05. The second kappa shape index (κ2) is 8.70. The van der Waals surface area contributed by atoms with E-state index in [1.807, 2.05) is 0 Å². The molecule has 0 saturated carbocycles. The average Bonchev–Trinajstić information content (AvgIpc) is 3.17. The number of nitrogens with one attached hydrogen (secondary N) is 3. The van der Waals surface area contributed by atoms with Crippen LogP contribution in [0, 0.1) is 0 Å². The summed E-state index contributed by atoms with van der Waals surface area (Å²) in [5, 5.41) is 7.96. The van der Waals surface area contributed by atoms with Crippen molar-refractivity contribution < 1.29 is 24.0 Å². The summed E-state index contributed by atoms with van der Waals surface area (Å²) in [5.41, 5.74) is 3.13. The van der Waals surface area contributed by atoms with Crippen LogP contribution in [0.1, 0.15) is 42.9 Å². The molecule has 1 aromatic heterocycles. The van der Waals surface area contributed by atoms with Crippen LogP contribution in [0.5, 0.6) is 11.5 Å². The molecule has 1 unspecified atom stereocenters. The van der Waals surface area contributed by atoms with Crippen molar-refractivity contribution in [3.63, 3.8) is 0 Å². The number of anilines is 1. The lowest BCUT2D eigenvalue weighted by atomic mass is 10.0. The summed E-state index contributed by atoms with van der Waals surface area (Å²) in [4.78, 5) is 28.2. The minimum Gasteiger partial charge on any atom is -0.493 e. The Bertz CT molecular complexity index is 1240. The minimum absolute atomic E-state index is 0.0667. The average molecular weight is 485 g/mol. The Labute approximate surface area is 200 Å². The van der Waals surface area contributed by atoms with E-state index < -0.39 is 12.1 Å². The Kier molecular flexibility index (Phi) is 5.74. The van der Waals surface area contributed by atoms with Crippen LogP contribution >= 0.6 is 22.9 Å². The fraction of sp³-hybridized carbons (Fsp3) is 0.250. The van der Waals surface area contributed by atoms with E-state index >= 15 is 0 Å². The molecule has 3 heterocycles. The lowest BCUT2D eigenvalue weighted by Crippen LogP contribution is -3.08. The fourth-order valence-electron chi connectivity index (χ4n) is 4.19. The molecule has 5 rings (SSSR count). The van der Waals surface area contributed by atoms with Crippen molar-refractivity contribution >= 4 is 39.8 Å². The van der Waals surface area contributed by atoms with Gasteiger partial charge in [0.25, 0.3) is 5.91 Å². The zero-order valence-electron chi connectivity index (χ0n) is 18.2. The molecule has 0 bridgehead atoms. The molecule has 0 aliphatic carbocycles. The number of esters is 1. The van der Waals surface area contributed by atoms with Gasteiger partial charge < -0.3 is 25.0 Å². The van der Waals surface area contributed by atoms with Gasteiger partial charge in [0.15, 0.2) is 11.5 Å². The van der Waals surface area contributed by atoms with E-state index in [9.17, 15) is 9.59 Å². The number of likely N-dealkylation sites (N-methyl/N-ethyl adjacent to an activating group) is 1. The first kappa shape index (κ1) is 21.8. The molecule has 33 heavy (non-hydrogen) atoms. The number of quaternary nitrogens is 1. The first-order valence-corrected chi connectivity index (χ1v) is 11.8. The van der Waals surface area contributed by atoms with Crippen molar-refractivity contribution in [2.75, 3.05) is 26.0 Å². The van der Waals surface area contributed by atoms with Gasteiger partial charge in [0.05, 0.1) is 36.7 Å². The number of hydrogen-bond donors (Lipinski definition) is 3. The van der Waals surface area contributed by atoms with E-state index in [-0.39, 0.29) is 5.91 Å². The lowest BCUT2D eigenvalue weighted by Gasteiger charge is -2.27. The van der Waals surface area contributed by atoms with Crippen molar-refractivity contribution in [2.45, 2.75) is 19.1 Å². The molecule has 7 nitrogen and oxygen atoms in total. The van der Waals surface area contributed by atoms with Gasteiger partial charge in [0.2, 0.25) is 0 Å². The predicted molar refractivity (Wildman–Crippen MR) is 127 cm³/mol. The molecule has 3 N–H and O–H groups in total. The van der Waals surface area contributed by atoms with Crippen LogP contribution in [-0.4, -0.2) is 32.6 Å². The van der Waals surface area contributed by atoms with Gasteiger partial charge in [-0.05, 0) is 47.5 Å². The quantitative estimate of drug-likeness (QED) is 0.392. The molecule has 0 saturated heterocycles. The van der Waals surface area contributed by atoms with Crippen molar-refractivity contribution in [1.82, 2.24) is 5.32 Å². The zero-order chi connectivity index (χ0) is 23.1. The first-order valence-electron chi connectivity index (χ1n) is 10.6. The normalized spacial score (nSPS) is 19.1. The number of thiophene rings is 1. The molecule has 0 fully saturated rings. The Morgan fingerprint density at radius 3 is 2.70 bits per heavy atom. The van der Waals surface area contributed by atoms with Gasteiger partial charge in [0.1, 0.15) is 17.7 Å². The fourth-order valence-corrected chi connectivity index (χ4v) is 5.71. The number of fused-ring (bicyclic) bond motifs is 3. The van der Waals surface area contributed by atoms with Gasteiger partial charge in [0, 0.05) is 11.4 Å². The van der Waals surface area contributed by atoms with E-state index in [0.717, 1.165) is 35.6 Å². The van der Waals surface area contributed by atoms with E-state index in [1.165, 1.54) is 22.5 Å². The molecule has 2 aromatic carbocycles. The van der Waals surface area contributed by atoms with Gasteiger partial charge in [-0.2, -0.15) is 0 Å². The third kappa shape index (κ3) is 4.17. The molecule has 0 spiro atoms. The summed E-state index contributed by atoms with van der Waals surface area (Å²) in [6.45, 7) is 1.97. The van der Waals surface area contributed by atoms with E-state index in [2.05, 4.69) is 17.7 Å². The molecule has 9 heteroatoms. The standard InChI is InChI=1S/C24H22ClN3O4S/c1-28-10-9-16-19(12-28)33-23-20(16)22(29)26-21(27-23)14-5-8-17(18(11-14)31-2)32-24(30)13-3-6-15(25)7-4-13/h3-8,11,21,27H,9-10,12H2,1-2H3,(H,26,29)/p+1/t21-/m1/s1. The Hall–Kier alpha value is -3.07. The van der Waals surface area contributed by atoms with Crippen LogP contribution < -0.4 is 25.0 Å². The van der Waals surface area contributed by atoms with E-state index in [4.69, 9.17) is 21.1 Å². The minimum atomic E-state index is -0.511. The second-order valence-corrected chi connectivity index (χ2v) is 9.74. The zero-order valence-corrected chi connectivity index (χ0v) is 19.7. The number of ether oxygens (including phenoxy) is 2. The highest BCUT2D eigenvalue weighted by molar-refractivity contribution is 7.16. The number of amides is 1. The third-order valence-electron chi connectivity index (χ3n) is 5.94. The maximum absolute atomic E-state index is 13.0. The summed E-state index contributed by atoms with van der Waals surface area (Å²) in [6, 6.07) is 11.7. The Morgan fingerprint density at radius 2 is 1.94 bits per heavy atom. The maximum atomic E-state index is 13.0. The number of halogens is 1. The Balaban J connectivity index is 1.38. The summed E-state index contributed by atoms with van der Waals surface area (Å²) in [7, 11) is 3.68. The maximum Gasteiger partial charge on any atom is 0.343 e. The van der Waals surface area contributed by atoms with E-state index in [0.29, 0.717) is 22.1 Å². The number of carbonyl (C=O) groups excluding carboxylic acids is 2.